The molecule has 1 aliphatic heterocycles. The average Bonchev–Trinajstić information content (AvgIpc) is 3.61. The Kier molecular flexibility index (Phi) is 6.85. The molecule has 0 saturated carbocycles. The Hall–Kier alpha value is -6.78. The van der Waals surface area contributed by atoms with Crippen LogP contribution in [0.3, 0.4) is 0 Å². The van der Waals surface area contributed by atoms with Crippen LogP contribution < -0.4 is 5.32 Å². The van der Waals surface area contributed by atoms with Crippen molar-refractivity contribution in [1.29, 1.82) is 0 Å². The van der Waals surface area contributed by atoms with Gasteiger partial charge in [-0.25, -0.2) is 9.98 Å². The van der Waals surface area contributed by atoms with Gasteiger partial charge in [0.15, 0.2) is 5.84 Å². The number of nitrogens with one attached hydrogen (secondary N) is 1. The summed E-state index contributed by atoms with van der Waals surface area (Å²) in [6.45, 7) is 0. The van der Waals surface area contributed by atoms with Crippen LogP contribution >= 0.6 is 0 Å². The highest BCUT2D eigenvalue weighted by Crippen LogP contribution is 2.43. The fourth-order valence-corrected chi connectivity index (χ4v) is 7.47. The van der Waals surface area contributed by atoms with Crippen LogP contribution in [0.1, 0.15) is 22.9 Å². The van der Waals surface area contributed by atoms with Gasteiger partial charge >= 0.3 is 0 Å². The first kappa shape index (κ1) is 29.2. The van der Waals surface area contributed by atoms with Crippen molar-refractivity contribution in [2.75, 3.05) is 0 Å². The van der Waals surface area contributed by atoms with Gasteiger partial charge in [-0.05, 0) is 68.1 Å². The maximum atomic E-state index is 6.79. The van der Waals surface area contributed by atoms with Crippen molar-refractivity contribution in [2.24, 2.45) is 9.98 Å². The van der Waals surface area contributed by atoms with Crippen molar-refractivity contribution in [3.63, 3.8) is 0 Å². The number of amidine groups is 2. The van der Waals surface area contributed by atoms with Gasteiger partial charge in [-0.1, -0.05) is 152 Å². The molecule has 0 aliphatic carbocycles. The number of para-hydroxylation sites is 1. The molecule has 0 spiro atoms. The molecule has 0 amide bonds. The topological polar surface area (TPSA) is 49.9 Å². The number of aliphatic imine (C=N–C) groups is 2. The zero-order valence-electron chi connectivity index (χ0n) is 27.6. The third-order valence-corrected chi connectivity index (χ3v) is 9.95. The van der Waals surface area contributed by atoms with Crippen molar-refractivity contribution < 1.29 is 4.42 Å². The number of benzene rings is 8. The van der Waals surface area contributed by atoms with E-state index < -0.39 is 0 Å². The van der Waals surface area contributed by atoms with Crippen molar-refractivity contribution in [1.82, 2.24) is 5.32 Å². The second-order valence-corrected chi connectivity index (χ2v) is 13.0. The maximum absolute atomic E-state index is 6.79. The molecule has 0 bridgehead atoms. The Morgan fingerprint density at radius 3 is 1.86 bits per heavy atom. The van der Waals surface area contributed by atoms with Crippen molar-refractivity contribution in [3.05, 3.63) is 193 Å². The normalized spacial score (nSPS) is 14.5. The summed E-state index contributed by atoms with van der Waals surface area (Å²) in [5.41, 5.74) is 9.19. The molecular formula is C47H31N3O. The van der Waals surface area contributed by atoms with E-state index in [1.54, 1.807) is 0 Å². The quantitative estimate of drug-likeness (QED) is 0.188. The highest BCUT2D eigenvalue weighted by Gasteiger charge is 2.25. The number of hydrogen-bond acceptors (Lipinski definition) is 4. The Bertz CT molecular complexity index is 2820. The number of nitrogens with zero attached hydrogens (tertiary/aromatic N) is 2. The first-order chi connectivity index (χ1) is 25.3. The highest BCUT2D eigenvalue weighted by molar-refractivity contribution is 6.25. The predicted octanol–water partition coefficient (Wildman–Crippen LogP) is 11.7. The summed E-state index contributed by atoms with van der Waals surface area (Å²) in [6.07, 6.45) is -0.338. The summed E-state index contributed by atoms with van der Waals surface area (Å²) in [4.78, 5) is 10.5. The van der Waals surface area contributed by atoms with Crippen LogP contribution in [0.2, 0.25) is 0 Å². The fraction of sp³-hybridized carbons (Fsp3) is 0.0213. The third-order valence-electron chi connectivity index (χ3n) is 9.95. The molecule has 1 unspecified atom stereocenters. The second-order valence-electron chi connectivity index (χ2n) is 13.0. The van der Waals surface area contributed by atoms with E-state index in [0.29, 0.717) is 5.84 Å². The van der Waals surface area contributed by atoms with Crippen LogP contribution in [0.4, 0.5) is 0 Å². The molecule has 4 nitrogen and oxygen atoms in total. The van der Waals surface area contributed by atoms with Crippen molar-refractivity contribution in [2.45, 2.75) is 6.17 Å². The summed E-state index contributed by atoms with van der Waals surface area (Å²) >= 11 is 0. The molecule has 1 aromatic heterocycles. The van der Waals surface area contributed by atoms with Crippen molar-refractivity contribution in [3.8, 4) is 22.3 Å². The third kappa shape index (κ3) is 5.00. The number of fused-ring (bicyclic) bond motifs is 6. The molecule has 0 fully saturated rings. The van der Waals surface area contributed by atoms with Gasteiger partial charge in [0.2, 0.25) is 0 Å². The van der Waals surface area contributed by atoms with E-state index in [1.165, 1.54) is 32.7 Å². The minimum atomic E-state index is -0.338. The van der Waals surface area contributed by atoms with Gasteiger partial charge in [-0.2, -0.15) is 0 Å². The Balaban J connectivity index is 1.18. The van der Waals surface area contributed by atoms with Crippen LogP contribution in [0, 0.1) is 0 Å². The van der Waals surface area contributed by atoms with Gasteiger partial charge in [-0.15, -0.1) is 0 Å². The summed E-state index contributed by atoms with van der Waals surface area (Å²) in [5, 5.41) is 10.5. The molecule has 10 rings (SSSR count). The Morgan fingerprint density at radius 2 is 1.08 bits per heavy atom. The average molecular weight is 654 g/mol. The zero-order chi connectivity index (χ0) is 33.7. The largest absolute Gasteiger partial charge is 0.455 e. The van der Waals surface area contributed by atoms with Gasteiger partial charge < -0.3 is 9.73 Å². The predicted molar refractivity (Wildman–Crippen MR) is 211 cm³/mol. The summed E-state index contributed by atoms with van der Waals surface area (Å²) in [7, 11) is 0. The summed E-state index contributed by atoms with van der Waals surface area (Å²) in [6, 6.07) is 61.5. The van der Waals surface area contributed by atoms with Crippen LogP contribution in [-0.2, 0) is 0 Å². The molecule has 51 heavy (non-hydrogen) atoms. The minimum Gasteiger partial charge on any atom is -0.455 e. The Morgan fingerprint density at radius 1 is 0.471 bits per heavy atom. The van der Waals surface area contributed by atoms with Gasteiger partial charge in [-0.3, -0.25) is 0 Å². The Labute approximate surface area is 295 Å². The van der Waals surface area contributed by atoms with E-state index in [4.69, 9.17) is 14.4 Å². The van der Waals surface area contributed by atoms with Gasteiger partial charge in [0.25, 0.3) is 0 Å². The lowest BCUT2D eigenvalue weighted by Crippen LogP contribution is -2.33. The van der Waals surface area contributed by atoms with E-state index in [0.717, 1.165) is 55.6 Å². The number of rotatable bonds is 5. The van der Waals surface area contributed by atoms with Gasteiger partial charge in [0.05, 0.1) is 0 Å². The maximum Gasteiger partial charge on any atom is 0.160 e. The highest BCUT2D eigenvalue weighted by atomic mass is 16.3. The molecule has 2 heterocycles. The first-order valence-electron chi connectivity index (χ1n) is 17.3. The molecule has 0 radical (unpaired) electrons. The van der Waals surface area contributed by atoms with E-state index in [-0.39, 0.29) is 6.17 Å². The molecule has 8 aromatic carbocycles. The molecule has 240 valence electrons. The van der Waals surface area contributed by atoms with E-state index in [2.05, 4.69) is 145 Å². The zero-order valence-corrected chi connectivity index (χ0v) is 27.6. The molecule has 1 N–H and O–H groups in total. The monoisotopic (exact) mass is 653 g/mol. The molecule has 9 aromatic rings. The van der Waals surface area contributed by atoms with Crippen LogP contribution in [0.5, 0.6) is 0 Å². The molecule has 4 heteroatoms. The smallest absolute Gasteiger partial charge is 0.160 e. The second kappa shape index (κ2) is 12.0. The van der Waals surface area contributed by atoms with Crippen LogP contribution in [0.25, 0.3) is 65.7 Å². The van der Waals surface area contributed by atoms with E-state index in [1.807, 2.05) is 36.4 Å². The lowest BCUT2D eigenvalue weighted by molar-refractivity contribution is 0.669. The lowest BCUT2D eigenvalue weighted by atomic mass is 9.91. The van der Waals surface area contributed by atoms with Gasteiger partial charge in [0, 0.05) is 27.5 Å². The number of hydrogen-bond donors (Lipinski definition) is 1. The number of furan rings is 1. The van der Waals surface area contributed by atoms with E-state index in [9.17, 15) is 0 Å². The fourth-order valence-electron chi connectivity index (χ4n) is 7.47. The molecule has 0 saturated heterocycles. The van der Waals surface area contributed by atoms with Crippen molar-refractivity contribution >= 4 is 55.2 Å². The SMILES string of the molecule is c1ccc(C2=NC(c3ccc(-c4cc5ccccc5c5ccccc45)c4oc5ccccc5c34)=NC(c3ccc(-c4ccccc4)cc3)N2)cc1. The standard InChI is InChI=1S/C47H31N3O/c1-3-13-30(14-4-1)31-23-25-33(26-24-31)46-48-45(32-15-5-2-6-16-32)49-47(50-46)40-28-27-38(44-43(40)39-21-11-12-22-42(39)51-44)41-29-34-17-7-8-18-35(34)36-19-9-10-20-37(36)41/h1-29,46H,(H,48,49,50). The van der Waals surface area contributed by atoms with E-state index >= 15 is 0 Å². The van der Waals surface area contributed by atoms with Gasteiger partial charge in [0.1, 0.15) is 23.2 Å². The van der Waals surface area contributed by atoms with Crippen LogP contribution in [0.15, 0.2) is 190 Å². The molecule has 1 atom stereocenters. The molecular weight excluding hydrogens is 623 g/mol. The summed E-state index contributed by atoms with van der Waals surface area (Å²) in [5.74, 6) is 1.44. The lowest BCUT2D eigenvalue weighted by Gasteiger charge is -2.24. The summed E-state index contributed by atoms with van der Waals surface area (Å²) < 4.78 is 6.79. The molecule has 1 aliphatic rings. The van der Waals surface area contributed by atoms with Crippen LogP contribution in [-0.4, -0.2) is 11.7 Å². The first-order valence-corrected chi connectivity index (χ1v) is 17.3. The minimum absolute atomic E-state index is 0.338.